The molecule has 0 aliphatic carbocycles. The van der Waals surface area contributed by atoms with Gasteiger partial charge >= 0.3 is 0 Å². The fourth-order valence-electron chi connectivity index (χ4n) is 2.74. The summed E-state index contributed by atoms with van der Waals surface area (Å²) in [5.74, 6) is 0. The monoisotopic (exact) mass is 370 g/mol. The number of thiophene rings is 1. The first kappa shape index (κ1) is 18.7. The first-order chi connectivity index (χ1) is 13.1. The van der Waals surface area contributed by atoms with Gasteiger partial charge in [0.2, 0.25) is 0 Å². The zero-order valence-corrected chi connectivity index (χ0v) is 16.5. The lowest BCUT2D eigenvalue weighted by atomic mass is 10.0. The van der Waals surface area contributed by atoms with Crippen LogP contribution in [0.1, 0.15) is 32.0 Å². The summed E-state index contributed by atoms with van der Waals surface area (Å²) < 4.78 is 0. The van der Waals surface area contributed by atoms with E-state index in [-0.39, 0.29) is 0 Å². The van der Waals surface area contributed by atoms with Gasteiger partial charge in [0, 0.05) is 16.0 Å². The van der Waals surface area contributed by atoms with E-state index < -0.39 is 0 Å². The minimum atomic E-state index is 0.897. The van der Waals surface area contributed by atoms with Crippen molar-refractivity contribution in [3.8, 4) is 0 Å². The molecule has 0 fully saturated rings. The van der Waals surface area contributed by atoms with Gasteiger partial charge in [-0.1, -0.05) is 36.9 Å². The van der Waals surface area contributed by atoms with Gasteiger partial charge < -0.3 is 0 Å². The second-order valence-electron chi connectivity index (χ2n) is 6.28. The molecule has 2 aromatic carbocycles. The molecule has 0 bridgehead atoms. The maximum atomic E-state index is 4.59. The van der Waals surface area contributed by atoms with Crippen molar-refractivity contribution < 1.29 is 0 Å². The molecule has 2 nitrogen and oxygen atoms in total. The van der Waals surface area contributed by atoms with Gasteiger partial charge in [-0.05, 0) is 79.2 Å². The summed E-state index contributed by atoms with van der Waals surface area (Å²) in [6.45, 7) is 11.6. The van der Waals surface area contributed by atoms with Crippen LogP contribution in [0.3, 0.4) is 0 Å². The lowest BCUT2D eigenvalue weighted by Crippen LogP contribution is -1.82. The van der Waals surface area contributed by atoms with E-state index in [4.69, 9.17) is 0 Å². The van der Waals surface area contributed by atoms with Crippen molar-refractivity contribution in [2.24, 2.45) is 9.98 Å². The number of aryl methyl sites for hydroxylation is 2. The van der Waals surface area contributed by atoms with Crippen LogP contribution in [0.4, 0.5) is 11.4 Å². The van der Waals surface area contributed by atoms with Crippen molar-refractivity contribution in [3.05, 3.63) is 87.1 Å². The van der Waals surface area contributed by atoms with Crippen LogP contribution in [0, 0.1) is 13.8 Å². The molecule has 0 atom stereocenters. The molecular formula is C24H22N2S. The molecule has 3 heteroatoms. The molecular weight excluding hydrogens is 348 g/mol. The predicted octanol–water partition coefficient (Wildman–Crippen LogP) is 7.26. The Morgan fingerprint density at radius 3 is 1.96 bits per heavy atom. The summed E-state index contributed by atoms with van der Waals surface area (Å²) in [5.41, 5.74) is 6.60. The average molecular weight is 371 g/mol. The zero-order valence-electron chi connectivity index (χ0n) is 15.6. The maximum Gasteiger partial charge on any atom is 0.0633 e. The Morgan fingerprint density at radius 2 is 1.41 bits per heavy atom. The van der Waals surface area contributed by atoms with Crippen molar-refractivity contribution in [1.29, 1.82) is 0 Å². The van der Waals surface area contributed by atoms with Gasteiger partial charge in [-0.15, -0.1) is 11.3 Å². The van der Waals surface area contributed by atoms with Crippen LogP contribution in [0.15, 0.2) is 65.1 Å². The quantitative estimate of drug-likeness (QED) is 0.322. The number of nitrogens with zero attached hydrogens (tertiary/aromatic N) is 2. The Morgan fingerprint density at radius 1 is 0.815 bits per heavy atom. The maximum absolute atomic E-state index is 4.59. The van der Waals surface area contributed by atoms with Crippen LogP contribution in [0.2, 0.25) is 0 Å². The summed E-state index contributed by atoms with van der Waals surface area (Å²) in [6.07, 6.45) is 8.04. The van der Waals surface area contributed by atoms with Crippen molar-refractivity contribution >= 4 is 53.9 Å². The second-order valence-corrected chi connectivity index (χ2v) is 7.42. The van der Waals surface area contributed by atoms with E-state index in [0.29, 0.717) is 0 Å². The molecule has 0 aliphatic heterocycles. The molecule has 134 valence electrons. The summed E-state index contributed by atoms with van der Waals surface area (Å²) in [7, 11) is 0. The van der Waals surface area contributed by atoms with Crippen LogP contribution in [0.5, 0.6) is 0 Å². The summed E-state index contributed by atoms with van der Waals surface area (Å²) in [4.78, 5) is 10.8. The number of hydrogen-bond acceptors (Lipinski definition) is 3. The highest BCUT2D eigenvalue weighted by atomic mass is 32.1. The number of rotatable bonds is 6. The number of benzene rings is 2. The molecule has 3 rings (SSSR count). The largest absolute Gasteiger partial charge is 0.265 e. The molecule has 27 heavy (non-hydrogen) atoms. The van der Waals surface area contributed by atoms with E-state index in [1.807, 2.05) is 30.5 Å². The van der Waals surface area contributed by atoms with Gasteiger partial charge in [-0.25, -0.2) is 0 Å². The summed E-state index contributed by atoms with van der Waals surface area (Å²) >= 11 is 1.68. The molecule has 0 saturated heterocycles. The van der Waals surface area contributed by atoms with Crippen LogP contribution < -0.4 is 0 Å². The molecule has 0 N–H and O–H groups in total. The van der Waals surface area contributed by atoms with Gasteiger partial charge in [-0.3, -0.25) is 9.98 Å². The van der Waals surface area contributed by atoms with Crippen LogP contribution in [-0.4, -0.2) is 12.9 Å². The SMILES string of the molecule is C=Cc1ccc(C=Nc2ccc(/C=C/c3ccc(N=C)cc3C)c(C)c2)s1. The molecule has 0 radical (unpaired) electrons. The Kier molecular flexibility index (Phi) is 5.94. The van der Waals surface area contributed by atoms with Crippen LogP contribution in [0.25, 0.3) is 18.2 Å². The van der Waals surface area contributed by atoms with E-state index in [1.54, 1.807) is 11.3 Å². The fourth-order valence-corrected chi connectivity index (χ4v) is 3.47. The van der Waals surface area contributed by atoms with Gasteiger partial charge in [0.15, 0.2) is 0 Å². The molecule has 0 amide bonds. The Labute approximate surface area is 165 Å². The van der Waals surface area contributed by atoms with E-state index in [1.165, 1.54) is 22.3 Å². The van der Waals surface area contributed by atoms with E-state index in [2.05, 4.69) is 79.6 Å². The van der Waals surface area contributed by atoms with Crippen molar-refractivity contribution in [1.82, 2.24) is 0 Å². The minimum Gasteiger partial charge on any atom is -0.265 e. The topological polar surface area (TPSA) is 24.7 Å². The van der Waals surface area contributed by atoms with E-state index >= 15 is 0 Å². The molecule has 1 aromatic heterocycles. The Bertz CT molecular complexity index is 1040. The van der Waals surface area contributed by atoms with E-state index in [0.717, 1.165) is 21.1 Å². The zero-order chi connectivity index (χ0) is 19.2. The normalized spacial score (nSPS) is 11.3. The first-order valence-corrected chi connectivity index (χ1v) is 9.53. The van der Waals surface area contributed by atoms with E-state index in [9.17, 15) is 0 Å². The Balaban J connectivity index is 1.76. The molecule has 0 aliphatic rings. The summed E-state index contributed by atoms with van der Waals surface area (Å²) in [5, 5.41) is 0. The van der Waals surface area contributed by atoms with Gasteiger partial charge in [0.25, 0.3) is 0 Å². The molecule has 0 spiro atoms. The number of hydrogen-bond donors (Lipinski definition) is 0. The first-order valence-electron chi connectivity index (χ1n) is 8.71. The molecule has 0 unspecified atom stereocenters. The molecule has 0 saturated carbocycles. The molecule has 1 heterocycles. The third kappa shape index (κ3) is 4.78. The van der Waals surface area contributed by atoms with Gasteiger partial charge in [-0.2, -0.15) is 0 Å². The van der Waals surface area contributed by atoms with Gasteiger partial charge in [0.05, 0.1) is 11.4 Å². The fraction of sp³-hybridized carbons (Fsp3) is 0.0833. The van der Waals surface area contributed by atoms with Crippen molar-refractivity contribution in [2.45, 2.75) is 13.8 Å². The lowest BCUT2D eigenvalue weighted by molar-refractivity contribution is 1.40. The van der Waals surface area contributed by atoms with Crippen LogP contribution >= 0.6 is 11.3 Å². The van der Waals surface area contributed by atoms with Crippen molar-refractivity contribution in [2.75, 3.05) is 0 Å². The molecule has 3 aromatic rings. The van der Waals surface area contributed by atoms with Crippen molar-refractivity contribution in [3.63, 3.8) is 0 Å². The lowest BCUT2D eigenvalue weighted by Gasteiger charge is -2.04. The third-order valence-corrected chi connectivity index (χ3v) is 5.34. The average Bonchev–Trinajstić information content (AvgIpc) is 3.14. The highest BCUT2D eigenvalue weighted by Crippen LogP contribution is 2.23. The third-order valence-electron chi connectivity index (χ3n) is 4.32. The highest BCUT2D eigenvalue weighted by Gasteiger charge is 2.00. The predicted molar refractivity (Wildman–Crippen MR) is 122 cm³/mol. The standard InChI is InChI=1S/C24H22N2S/c1-5-23-12-13-24(27-23)16-26-22-11-9-20(18(3)15-22)7-6-19-8-10-21(25-4)14-17(19)2/h5-16H,1,4H2,2-3H3/b7-6+,26-16?. The number of aliphatic imine (C=N–C) groups is 2. The second kappa shape index (κ2) is 8.56. The summed E-state index contributed by atoms with van der Waals surface area (Å²) in [6, 6.07) is 16.5. The highest BCUT2D eigenvalue weighted by molar-refractivity contribution is 7.14. The van der Waals surface area contributed by atoms with Crippen LogP contribution in [-0.2, 0) is 0 Å². The van der Waals surface area contributed by atoms with Gasteiger partial charge in [0.1, 0.15) is 0 Å². The minimum absolute atomic E-state index is 0.897. The Hall–Kier alpha value is -3.04. The smallest absolute Gasteiger partial charge is 0.0633 e.